The average Bonchev–Trinajstić information content (AvgIpc) is 3.08. The molecule has 2 unspecified atom stereocenters. The van der Waals surface area contributed by atoms with Gasteiger partial charge in [-0.05, 0) is 5.56 Å². The molecule has 3 aliphatic rings. The Kier molecular flexibility index (Phi) is 5.04. The fraction of sp³-hybridized carbons (Fsp3) is 0.450. The third-order valence-electron chi connectivity index (χ3n) is 5.57. The Morgan fingerprint density at radius 2 is 1.89 bits per heavy atom. The molecule has 0 spiro atoms. The smallest absolute Gasteiger partial charge is 0.325 e. The second-order valence-electron chi connectivity index (χ2n) is 7.38. The zero-order chi connectivity index (χ0) is 19.7. The molecule has 0 radical (unpaired) electrons. The maximum absolute atomic E-state index is 12.5. The molecule has 1 aromatic carbocycles. The number of imide groups is 1. The number of carbonyl (C=O) groups excluding carboxylic acids is 2. The Balaban J connectivity index is 1.46. The summed E-state index contributed by atoms with van der Waals surface area (Å²) < 4.78 is 0. The summed E-state index contributed by atoms with van der Waals surface area (Å²) in [6, 6.07) is 9.56. The number of carbonyl (C=O) groups is 2. The van der Waals surface area contributed by atoms with Crippen molar-refractivity contribution in [3.63, 3.8) is 0 Å². The van der Waals surface area contributed by atoms with E-state index in [1.54, 1.807) is 13.1 Å². The van der Waals surface area contributed by atoms with E-state index in [1.165, 1.54) is 10.5 Å². The number of nitrogens with zero attached hydrogens (tertiary/aromatic N) is 5. The van der Waals surface area contributed by atoms with Crippen LogP contribution in [0.5, 0.6) is 0 Å². The van der Waals surface area contributed by atoms with Crippen molar-refractivity contribution in [3.8, 4) is 0 Å². The van der Waals surface area contributed by atoms with Gasteiger partial charge in [-0.25, -0.2) is 9.79 Å². The topological polar surface area (TPSA) is 71.5 Å². The molecular formula is C20H26N6O2. The molecule has 0 saturated carbocycles. The van der Waals surface area contributed by atoms with Crippen molar-refractivity contribution in [1.29, 1.82) is 0 Å². The number of rotatable bonds is 4. The van der Waals surface area contributed by atoms with Gasteiger partial charge in [-0.15, -0.1) is 6.58 Å². The van der Waals surface area contributed by atoms with E-state index in [9.17, 15) is 9.59 Å². The minimum absolute atomic E-state index is 0.295. The van der Waals surface area contributed by atoms with Gasteiger partial charge in [-0.1, -0.05) is 36.4 Å². The van der Waals surface area contributed by atoms with Crippen LogP contribution >= 0.6 is 0 Å². The zero-order valence-electron chi connectivity index (χ0n) is 16.1. The minimum Gasteiger partial charge on any atom is -0.340 e. The van der Waals surface area contributed by atoms with E-state index in [1.807, 2.05) is 11.0 Å². The first-order valence-corrected chi connectivity index (χ1v) is 9.62. The number of likely N-dealkylation sites (N-methyl/N-ethyl adjacent to an activating group) is 1. The summed E-state index contributed by atoms with van der Waals surface area (Å²) in [5.41, 5.74) is 1.31. The first kappa shape index (κ1) is 18.5. The Bertz CT molecular complexity index is 787. The molecule has 3 heterocycles. The molecule has 1 N–H and O–H groups in total. The summed E-state index contributed by atoms with van der Waals surface area (Å²) in [6.07, 6.45) is 1.28. The van der Waals surface area contributed by atoms with E-state index >= 15 is 0 Å². The van der Waals surface area contributed by atoms with Gasteiger partial charge in [0.1, 0.15) is 0 Å². The van der Waals surface area contributed by atoms with E-state index < -0.39 is 18.2 Å². The molecule has 0 aliphatic carbocycles. The van der Waals surface area contributed by atoms with Crippen molar-refractivity contribution >= 4 is 17.9 Å². The predicted molar refractivity (Wildman–Crippen MR) is 107 cm³/mol. The lowest BCUT2D eigenvalue weighted by Gasteiger charge is -2.40. The molecule has 28 heavy (non-hydrogen) atoms. The van der Waals surface area contributed by atoms with Gasteiger partial charge in [0, 0.05) is 46.3 Å². The van der Waals surface area contributed by atoms with Crippen molar-refractivity contribution in [2.24, 2.45) is 4.99 Å². The maximum Gasteiger partial charge on any atom is 0.325 e. The molecule has 0 aromatic heterocycles. The highest BCUT2D eigenvalue weighted by Crippen LogP contribution is 2.26. The molecule has 8 heteroatoms. The lowest BCUT2D eigenvalue weighted by molar-refractivity contribution is -0.127. The van der Waals surface area contributed by atoms with Gasteiger partial charge >= 0.3 is 6.03 Å². The largest absolute Gasteiger partial charge is 0.340 e. The quantitative estimate of drug-likeness (QED) is 0.770. The van der Waals surface area contributed by atoms with Gasteiger partial charge in [-0.2, -0.15) is 0 Å². The maximum atomic E-state index is 12.5. The molecule has 1 aromatic rings. The van der Waals surface area contributed by atoms with Crippen LogP contribution in [0.4, 0.5) is 4.79 Å². The number of amides is 3. The number of nitrogens with one attached hydrogen (secondary N) is 1. The third-order valence-corrected chi connectivity index (χ3v) is 5.57. The number of piperazine rings is 1. The first-order valence-electron chi connectivity index (χ1n) is 9.62. The lowest BCUT2D eigenvalue weighted by Crippen LogP contribution is -2.64. The lowest BCUT2D eigenvalue weighted by atomic mass is 10.1. The molecule has 3 aliphatic heterocycles. The number of hydrogen-bond donors (Lipinski definition) is 1. The van der Waals surface area contributed by atoms with Crippen LogP contribution in [0, 0.1) is 0 Å². The van der Waals surface area contributed by atoms with Gasteiger partial charge in [0.15, 0.2) is 18.2 Å². The second-order valence-corrected chi connectivity index (χ2v) is 7.38. The molecule has 4 rings (SSSR count). The van der Waals surface area contributed by atoms with Crippen LogP contribution in [0.3, 0.4) is 0 Å². The first-order chi connectivity index (χ1) is 13.6. The Hall–Kier alpha value is -2.87. The van der Waals surface area contributed by atoms with Crippen LogP contribution in [-0.4, -0.2) is 89.5 Å². The van der Waals surface area contributed by atoms with Crippen molar-refractivity contribution in [3.05, 3.63) is 48.6 Å². The van der Waals surface area contributed by atoms with Crippen molar-refractivity contribution < 1.29 is 9.59 Å². The van der Waals surface area contributed by atoms with Crippen LogP contribution in [0.15, 0.2) is 48.0 Å². The molecule has 8 nitrogen and oxygen atoms in total. The van der Waals surface area contributed by atoms with Crippen LogP contribution in [0.2, 0.25) is 0 Å². The monoisotopic (exact) mass is 382 g/mol. The molecule has 2 atom stereocenters. The molecule has 2 saturated heterocycles. The second kappa shape index (κ2) is 7.63. The SMILES string of the molecule is C=CCN1C(N2CCN(Cc3ccccc3)CC2)=NC2C1C(=O)NC(=O)N2C. The summed E-state index contributed by atoms with van der Waals surface area (Å²) in [5, 5.41) is 2.42. The normalized spacial score (nSPS) is 25.5. The summed E-state index contributed by atoms with van der Waals surface area (Å²) in [7, 11) is 1.68. The van der Waals surface area contributed by atoms with E-state index in [0.717, 1.165) is 38.7 Å². The van der Waals surface area contributed by atoms with E-state index in [0.29, 0.717) is 6.54 Å². The number of aliphatic imine (C=N–C) groups is 1. The Labute approximate surface area is 165 Å². The van der Waals surface area contributed by atoms with Crippen molar-refractivity contribution in [2.45, 2.75) is 18.8 Å². The standard InChI is InChI=1S/C20H26N6O2/c1-3-9-26-16-17(23(2)20(28)22-18(16)27)21-19(26)25-12-10-24(11-13-25)14-15-7-5-4-6-8-15/h3-8,16-17H,1,9-14H2,2H3,(H,22,27,28). The number of hydrogen-bond acceptors (Lipinski definition) is 6. The molecular weight excluding hydrogens is 356 g/mol. The number of urea groups is 1. The number of guanidine groups is 1. The van der Waals surface area contributed by atoms with Crippen molar-refractivity contribution in [2.75, 3.05) is 39.8 Å². The van der Waals surface area contributed by atoms with Gasteiger partial charge in [0.25, 0.3) is 5.91 Å². The average molecular weight is 382 g/mol. The van der Waals surface area contributed by atoms with Gasteiger partial charge in [-0.3, -0.25) is 15.0 Å². The summed E-state index contributed by atoms with van der Waals surface area (Å²) in [5.74, 6) is 0.488. The highest BCUT2D eigenvalue weighted by molar-refractivity contribution is 6.03. The summed E-state index contributed by atoms with van der Waals surface area (Å²) >= 11 is 0. The third kappa shape index (κ3) is 3.35. The summed E-state index contributed by atoms with van der Waals surface area (Å²) in [6.45, 7) is 8.78. The highest BCUT2D eigenvalue weighted by Gasteiger charge is 2.49. The van der Waals surface area contributed by atoms with Gasteiger partial charge < -0.3 is 14.7 Å². The van der Waals surface area contributed by atoms with Crippen LogP contribution < -0.4 is 5.32 Å². The fourth-order valence-corrected chi connectivity index (χ4v) is 4.06. The number of fused-ring (bicyclic) bond motifs is 1. The molecule has 148 valence electrons. The van der Waals surface area contributed by atoms with E-state index in [4.69, 9.17) is 4.99 Å². The molecule has 2 fully saturated rings. The summed E-state index contributed by atoms with van der Waals surface area (Å²) in [4.78, 5) is 37.3. The minimum atomic E-state index is -0.502. The van der Waals surface area contributed by atoms with Gasteiger partial charge in [0.05, 0.1) is 0 Å². The highest BCUT2D eigenvalue weighted by atomic mass is 16.2. The van der Waals surface area contributed by atoms with Gasteiger partial charge in [0.2, 0.25) is 0 Å². The molecule has 3 amide bonds. The Morgan fingerprint density at radius 3 is 2.57 bits per heavy atom. The molecule has 0 bridgehead atoms. The van der Waals surface area contributed by atoms with E-state index in [2.05, 4.69) is 46.0 Å². The van der Waals surface area contributed by atoms with E-state index in [-0.39, 0.29) is 5.91 Å². The Morgan fingerprint density at radius 1 is 1.18 bits per heavy atom. The zero-order valence-corrected chi connectivity index (χ0v) is 16.1. The van der Waals surface area contributed by atoms with Crippen LogP contribution in [-0.2, 0) is 11.3 Å². The predicted octanol–water partition coefficient (Wildman–Crippen LogP) is 0.538. The van der Waals surface area contributed by atoms with Crippen molar-refractivity contribution in [1.82, 2.24) is 24.9 Å². The van der Waals surface area contributed by atoms with Crippen LogP contribution in [0.25, 0.3) is 0 Å². The van der Waals surface area contributed by atoms with Crippen LogP contribution in [0.1, 0.15) is 5.56 Å². The fourth-order valence-electron chi connectivity index (χ4n) is 4.06. The number of benzene rings is 1.